The lowest BCUT2D eigenvalue weighted by molar-refractivity contribution is -0.122. The molecule has 2 bridgehead atoms. The average molecular weight is 418 g/mol. The standard InChI is InChI=1S/C26H31N3O2/c1-17(22-15-19-12-13-20(22)14-19)27-25(30)16-29-24-11-7-6-10-23(24)28-26(29)18(2)31-21-8-4-3-5-9-21/h3-11,17-20,22H,12-16H2,1-2H3,(H,27,30)/t17-,18+,19+,20+,22+/m1/s1. The first-order valence-electron chi connectivity index (χ1n) is 11.5. The van der Waals surface area contributed by atoms with Gasteiger partial charge in [-0.15, -0.1) is 0 Å². The van der Waals surface area contributed by atoms with Crippen LogP contribution in [0.3, 0.4) is 0 Å². The Labute approximate surface area is 183 Å². The summed E-state index contributed by atoms with van der Waals surface area (Å²) in [4.78, 5) is 17.9. The van der Waals surface area contributed by atoms with E-state index in [0.717, 1.165) is 34.4 Å². The molecule has 0 radical (unpaired) electrons. The maximum absolute atomic E-state index is 13.1. The molecule has 2 aliphatic carbocycles. The van der Waals surface area contributed by atoms with E-state index < -0.39 is 0 Å². The van der Waals surface area contributed by atoms with Gasteiger partial charge in [-0.3, -0.25) is 4.79 Å². The fraction of sp³-hybridized carbons (Fsp3) is 0.462. The molecule has 0 saturated heterocycles. The van der Waals surface area contributed by atoms with Gasteiger partial charge in [-0.1, -0.05) is 36.8 Å². The molecule has 5 nitrogen and oxygen atoms in total. The van der Waals surface area contributed by atoms with Gasteiger partial charge in [-0.25, -0.2) is 4.98 Å². The normalized spacial score (nSPS) is 24.3. The fourth-order valence-electron chi connectivity index (χ4n) is 5.78. The van der Waals surface area contributed by atoms with Crippen LogP contribution in [0.4, 0.5) is 0 Å². The van der Waals surface area contributed by atoms with Crippen molar-refractivity contribution in [3.05, 3.63) is 60.4 Å². The predicted molar refractivity (Wildman–Crippen MR) is 122 cm³/mol. The third kappa shape index (κ3) is 4.06. The molecule has 1 amide bonds. The van der Waals surface area contributed by atoms with Gasteiger partial charge in [0.1, 0.15) is 12.3 Å². The van der Waals surface area contributed by atoms with E-state index >= 15 is 0 Å². The van der Waals surface area contributed by atoms with Crippen molar-refractivity contribution in [1.82, 2.24) is 14.9 Å². The zero-order valence-electron chi connectivity index (χ0n) is 18.3. The van der Waals surface area contributed by atoms with Gasteiger partial charge in [0.2, 0.25) is 5.91 Å². The highest BCUT2D eigenvalue weighted by molar-refractivity contribution is 5.81. The number of carbonyl (C=O) groups excluding carboxylic acids is 1. The predicted octanol–water partition coefficient (Wildman–Crippen LogP) is 5.12. The third-order valence-electron chi connectivity index (χ3n) is 7.23. The van der Waals surface area contributed by atoms with E-state index in [1.165, 1.54) is 25.7 Å². The molecule has 2 aromatic carbocycles. The van der Waals surface area contributed by atoms with E-state index in [9.17, 15) is 4.79 Å². The van der Waals surface area contributed by atoms with Crippen LogP contribution >= 0.6 is 0 Å². The summed E-state index contributed by atoms with van der Waals surface area (Å²) >= 11 is 0. The maximum Gasteiger partial charge on any atom is 0.240 e. The number of carbonyl (C=O) groups is 1. The molecule has 31 heavy (non-hydrogen) atoms. The van der Waals surface area contributed by atoms with Crippen LogP contribution in [-0.4, -0.2) is 21.5 Å². The molecule has 1 aromatic heterocycles. The molecule has 5 atom stereocenters. The highest BCUT2D eigenvalue weighted by Gasteiger charge is 2.42. The number of benzene rings is 2. The van der Waals surface area contributed by atoms with E-state index in [1.807, 2.05) is 66.1 Å². The largest absolute Gasteiger partial charge is 0.483 e. The van der Waals surface area contributed by atoms with Gasteiger partial charge in [0, 0.05) is 6.04 Å². The molecule has 162 valence electrons. The van der Waals surface area contributed by atoms with Crippen molar-refractivity contribution >= 4 is 16.9 Å². The van der Waals surface area contributed by atoms with Crippen LogP contribution in [0.5, 0.6) is 5.75 Å². The smallest absolute Gasteiger partial charge is 0.240 e. The topological polar surface area (TPSA) is 56.2 Å². The quantitative estimate of drug-likeness (QED) is 0.581. The van der Waals surface area contributed by atoms with E-state index in [1.54, 1.807) is 0 Å². The Balaban J connectivity index is 1.34. The van der Waals surface area contributed by atoms with Gasteiger partial charge in [0.25, 0.3) is 0 Å². The molecular weight excluding hydrogens is 386 g/mol. The van der Waals surface area contributed by atoms with Gasteiger partial charge in [0.15, 0.2) is 11.9 Å². The van der Waals surface area contributed by atoms with Crippen molar-refractivity contribution in [2.75, 3.05) is 0 Å². The zero-order valence-corrected chi connectivity index (χ0v) is 18.3. The number of imidazole rings is 1. The second-order valence-corrected chi connectivity index (χ2v) is 9.31. The lowest BCUT2D eigenvalue weighted by atomic mass is 9.84. The molecule has 5 rings (SSSR count). The summed E-state index contributed by atoms with van der Waals surface area (Å²) in [6.45, 7) is 4.42. The molecule has 3 aromatic rings. The van der Waals surface area contributed by atoms with Crippen molar-refractivity contribution in [2.24, 2.45) is 17.8 Å². The summed E-state index contributed by atoms with van der Waals surface area (Å²) in [6.07, 6.45) is 5.07. The summed E-state index contributed by atoms with van der Waals surface area (Å²) in [5.41, 5.74) is 1.85. The molecule has 1 N–H and O–H groups in total. The number of hydrogen-bond acceptors (Lipinski definition) is 3. The average Bonchev–Trinajstić information content (AvgIpc) is 3.49. The lowest BCUT2D eigenvalue weighted by Gasteiger charge is -2.28. The number of nitrogens with zero attached hydrogens (tertiary/aromatic N) is 2. The van der Waals surface area contributed by atoms with E-state index in [0.29, 0.717) is 5.92 Å². The van der Waals surface area contributed by atoms with Gasteiger partial charge in [-0.05, 0) is 75.1 Å². The number of nitrogens with one attached hydrogen (secondary N) is 1. The summed E-state index contributed by atoms with van der Waals surface area (Å²) in [5.74, 6) is 3.92. The minimum absolute atomic E-state index is 0.0478. The van der Waals surface area contributed by atoms with Gasteiger partial charge >= 0.3 is 0 Å². The van der Waals surface area contributed by atoms with E-state index in [4.69, 9.17) is 9.72 Å². The van der Waals surface area contributed by atoms with Gasteiger partial charge in [0.05, 0.1) is 11.0 Å². The fourth-order valence-corrected chi connectivity index (χ4v) is 5.78. The molecule has 2 saturated carbocycles. The van der Waals surface area contributed by atoms with E-state index in [-0.39, 0.29) is 24.6 Å². The molecule has 0 aliphatic heterocycles. The first kappa shape index (κ1) is 20.1. The Bertz CT molecular complexity index is 1060. The van der Waals surface area contributed by atoms with Crippen molar-refractivity contribution in [2.45, 2.75) is 58.2 Å². The maximum atomic E-state index is 13.1. The van der Waals surface area contributed by atoms with Crippen molar-refractivity contribution in [1.29, 1.82) is 0 Å². The Morgan fingerprint density at radius 2 is 1.87 bits per heavy atom. The Kier molecular flexibility index (Phi) is 5.43. The van der Waals surface area contributed by atoms with Crippen LogP contribution in [0.15, 0.2) is 54.6 Å². The van der Waals surface area contributed by atoms with Crippen LogP contribution in [0.25, 0.3) is 11.0 Å². The molecular formula is C26H31N3O2. The van der Waals surface area contributed by atoms with Crippen LogP contribution < -0.4 is 10.1 Å². The van der Waals surface area contributed by atoms with Crippen molar-refractivity contribution in [3.8, 4) is 5.75 Å². The number of hydrogen-bond donors (Lipinski definition) is 1. The SMILES string of the molecule is C[C@H](Oc1ccccc1)c1nc2ccccc2n1CC(=O)N[C@H](C)[C@@H]1C[C@H]2CC[C@H]1C2. The Hall–Kier alpha value is -2.82. The second kappa shape index (κ2) is 8.37. The third-order valence-corrected chi connectivity index (χ3v) is 7.23. The Morgan fingerprint density at radius 3 is 2.61 bits per heavy atom. The number of aromatic nitrogens is 2. The first-order chi connectivity index (χ1) is 15.1. The first-order valence-corrected chi connectivity index (χ1v) is 11.5. The van der Waals surface area contributed by atoms with Crippen molar-refractivity contribution in [3.63, 3.8) is 0 Å². The van der Waals surface area contributed by atoms with Crippen LogP contribution in [-0.2, 0) is 11.3 Å². The number of amides is 1. The number of fused-ring (bicyclic) bond motifs is 3. The number of para-hydroxylation sites is 3. The Morgan fingerprint density at radius 1 is 1.10 bits per heavy atom. The summed E-state index contributed by atoms with van der Waals surface area (Å²) in [6, 6.07) is 17.9. The minimum Gasteiger partial charge on any atom is -0.483 e. The van der Waals surface area contributed by atoms with Crippen LogP contribution in [0.1, 0.15) is 51.5 Å². The highest BCUT2D eigenvalue weighted by atomic mass is 16.5. The molecule has 1 heterocycles. The van der Waals surface area contributed by atoms with Gasteiger partial charge in [-0.2, -0.15) is 0 Å². The highest BCUT2D eigenvalue weighted by Crippen LogP contribution is 2.49. The number of ether oxygens (including phenoxy) is 1. The molecule has 5 heteroatoms. The lowest BCUT2D eigenvalue weighted by Crippen LogP contribution is -2.41. The minimum atomic E-state index is -0.273. The van der Waals surface area contributed by atoms with Crippen molar-refractivity contribution < 1.29 is 9.53 Å². The summed E-state index contributed by atoms with van der Waals surface area (Å²) < 4.78 is 8.14. The second-order valence-electron chi connectivity index (χ2n) is 9.31. The molecule has 0 spiro atoms. The van der Waals surface area contributed by atoms with E-state index in [2.05, 4.69) is 12.2 Å². The summed E-state index contributed by atoms with van der Waals surface area (Å²) in [7, 11) is 0. The summed E-state index contributed by atoms with van der Waals surface area (Å²) in [5, 5.41) is 3.30. The monoisotopic (exact) mass is 417 g/mol. The molecule has 2 aliphatic rings. The van der Waals surface area contributed by atoms with Crippen LogP contribution in [0.2, 0.25) is 0 Å². The number of rotatable bonds is 7. The molecule has 0 unspecified atom stereocenters. The van der Waals surface area contributed by atoms with Crippen LogP contribution in [0, 0.1) is 17.8 Å². The van der Waals surface area contributed by atoms with Gasteiger partial charge < -0.3 is 14.6 Å². The zero-order chi connectivity index (χ0) is 21.4. The molecule has 2 fully saturated rings.